The molecule has 0 spiro atoms. The third-order valence-corrected chi connectivity index (χ3v) is 6.00. The maximum absolute atomic E-state index is 12.4. The third kappa shape index (κ3) is 3.42. The fraction of sp³-hybridized carbons (Fsp3) is 0.533. The van der Waals surface area contributed by atoms with Crippen molar-refractivity contribution in [3.8, 4) is 11.5 Å². The number of carbonyl (C=O) groups excluding carboxylic acids is 1. The van der Waals surface area contributed by atoms with Gasteiger partial charge in [-0.25, -0.2) is 12.7 Å². The molecule has 126 valence electrons. The molecule has 8 heteroatoms. The first-order valence-electron chi connectivity index (χ1n) is 7.68. The summed E-state index contributed by atoms with van der Waals surface area (Å²) in [6.45, 7) is 2.53. The monoisotopic (exact) mass is 340 g/mol. The van der Waals surface area contributed by atoms with Gasteiger partial charge in [0.05, 0.1) is 11.7 Å². The second kappa shape index (κ2) is 6.37. The normalized spacial score (nSPS) is 21.2. The van der Waals surface area contributed by atoms with Crippen molar-refractivity contribution in [2.75, 3.05) is 31.0 Å². The average molecular weight is 340 g/mol. The van der Waals surface area contributed by atoms with E-state index in [1.807, 2.05) is 0 Å². The summed E-state index contributed by atoms with van der Waals surface area (Å²) in [4.78, 5) is 12.4. The summed E-state index contributed by atoms with van der Waals surface area (Å²) in [6.07, 6.45) is 1.38. The summed E-state index contributed by atoms with van der Waals surface area (Å²) in [5.74, 6) is 0.807. The van der Waals surface area contributed by atoms with Crippen molar-refractivity contribution in [2.45, 2.75) is 19.8 Å². The molecule has 0 aliphatic carbocycles. The van der Waals surface area contributed by atoms with Gasteiger partial charge in [0.25, 0.3) is 0 Å². The number of amides is 1. The van der Waals surface area contributed by atoms with E-state index in [9.17, 15) is 13.2 Å². The molecular weight excluding hydrogens is 320 g/mol. The number of ether oxygens (including phenoxy) is 2. The van der Waals surface area contributed by atoms with Crippen LogP contribution in [0, 0.1) is 5.92 Å². The highest BCUT2D eigenvalue weighted by molar-refractivity contribution is 7.89. The molecule has 2 aliphatic heterocycles. The number of nitrogens with one attached hydrogen (secondary N) is 1. The molecule has 1 fully saturated rings. The Bertz CT molecular complexity index is 704. The van der Waals surface area contributed by atoms with Gasteiger partial charge in [-0.15, -0.1) is 0 Å². The SMILES string of the molecule is CCS(=O)(=O)N1CCC[C@@H](C(=O)Nc2ccc3c(c2)OCO3)C1. The van der Waals surface area contributed by atoms with E-state index in [1.165, 1.54) is 4.31 Å². The maximum Gasteiger partial charge on any atom is 0.231 e. The van der Waals surface area contributed by atoms with Crippen LogP contribution in [0.5, 0.6) is 11.5 Å². The third-order valence-electron chi connectivity index (χ3n) is 4.15. The Morgan fingerprint density at radius 2 is 2.13 bits per heavy atom. The van der Waals surface area contributed by atoms with Crippen molar-refractivity contribution < 1.29 is 22.7 Å². The topological polar surface area (TPSA) is 84.9 Å². The predicted molar refractivity (Wildman–Crippen MR) is 85.0 cm³/mol. The number of sulfonamides is 1. The smallest absolute Gasteiger partial charge is 0.231 e. The minimum absolute atomic E-state index is 0.0590. The molecule has 0 unspecified atom stereocenters. The summed E-state index contributed by atoms with van der Waals surface area (Å²) < 4.78 is 35.9. The molecule has 1 aromatic rings. The average Bonchev–Trinajstić information content (AvgIpc) is 3.02. The van der Waals surface area contributed by atoms with Gasteiger partial charge in [-0.05, 0) is 31.9 Å². The first-order valence-corrected chi connectivity index (χ1v) is 9.29. The van der Waals surface area contributed by atoms with Crippen molar-refractivity contribution >= 4 is 21.6 Å². The van der Waals surface area contributed by atoms with E-state index in [0.29, 0.717) is 36.6 Å². The van der Waals surface area contributed by atoms with Gasteiger partial charge in [0, 0.05) is 24.8 Å². The second-order valence-corrected chi connectivity index (χ2v) is 7.91. The van der Waals surface area contributed by atoms with E-state index in [2.05, 4.69) is 5.32 Å². The largest absolute Gasteiger partial charge is 0.454 e. The lowest BCUT2D eigenvalue weighted by molar-refractivity contribution is -0.120. The Morgan fingerprint density at radius 1 is 1.35 bits per heavy atom. The zero-order valence-electron chi connectivity index (χ0n) is 12.9. The number of carbonyl (C=O) groups is 1. The minimum Gasteiger partial charge on any atom is -0.454 e. The Kier molecular flexibility index (Phi) is 4.45. The van der Waals surface area contributed by atoms with Gasteiger partial charge in [0.1, 0.15) is 0 Å². The molecule has 0 radical (unpaired) electrons. The molecule has 1 amide bonds. The van der Waals surface area contributed by atoms with Crippen LogP contribution < -0.4 is 14.8 Å². The second-order valence-electron chi connectivity index (χ2n) is 5.66. The summed E-state index contributed by atoms with van der Waals surface area (Å²) in [6, 6.07) is 5.20. The molecule has 1 aromatic carbocycles. The molecule has 2 aliphatic rings. The summed E-state index contributed by atoms with van der Waals surface area (Å²) in [5.41, 5.74) is 0.620. The number of hydrogen-bond donors (Lipinski definition) is 1. The van der Waals surface area contributed by atoms with E-state index in [4.69, 9.17) is 9.47 Å². The molecule has 0 bridgehead atoms. The van der Waals surface area contributed by atoms with Gasteiger partial charge in [0.15, 0.2) is 11.5 Å². The van der Waals surface area contributed by atoms with Gasteiger partial charge in [0.2, 0.25) is 22.7 Å². The van der Waals surface area contributed by atoms with Crippen molar-refractivity contribution in [1.82, 2.24) is 4.31 Å². The summed E-state index contributed by atoms with van der Waals surface area (Å²) in [7, 11) is -3.25. The number of rotatable bonds is 4. The highest BCUT2D eigenvalue weighted by atomic mass is 32.2. The van der Waals surface area contributed by atoms with Crippen LogP contribution in [-0.4, -0.2) is 44.3 Å². The predicted octanol–water partition coefficient (Wildman–Crippen LogP) is 1.42. The molecule has 1 atom stereocenters. The molecule has 0 saturated carbocycles. The molecular formula is C15H20N2O5S. The van der Waals surface area contributed by atoms with Crippen molar-refractivity contribution in [3.05, 3.63) is 18.2 Å². The molecule has 23 heavy (non-hydrogen) atoms. The van der Waals surface area contributed by atoms with Crippen molar-refractivity contribution in [3.63, 3.8) is 0 Å². The van der Waals surface area contributed by atoms with Crippen LogP contribution in [0.1, 0.15) is 19.8 Å². The lowest BCUT2D eigenvalue weighted by atomic mass is 9.98. The Morgan fingerprint density at radius 3 is 2.91 bits per heavy atom. The number of anilines is 1. The first kappa shape index (κ1) is 16.1. The maximum atomic E-state index is 12.4. The van der Waals surface area contributed by atoms with Gasteiger partial charge in [-0.3, -0.25) is 4.79 Å². The Labute approximate surface area is 135 Å². The molecule has 1 N–H and O–H groups in total. The van der Waals surface area contributed by atoms with Crippen LogP contribution >= 0.6 is 0 Å². The zero-order chi connectivity index (χ0) is 16.4. The van der Waals surface area contributed by atoms with Crippen molar-refractivity contribution in [2.24, 2.45) is 5.92 Å². The van der Waals surface area contributed by atoms with Crippen LogP contribution in [-0.2, 0) is 14.8 Å². The lowest BCUT2D eigenvalue weighted by Crippen LogP contribution is -2.44. The number of hydrogen-bond acceptors (Lipinski definition) is 5. The number of piperidine rings is 1. The highest BCUT2D eigenvalue weighted by Gasteiger charge is 2.31. The summed E-state index contributed by atoms with van der Waals surface area (Å²) in [5, 5.41) is 2.84. The van der Waals surface area contributed by atoms with Crippen LogP contribution in [0.25, 0.3) is 0 Å². The molecule has 1 saturated heterocycles. The fourth-order valence-corrected chi connectivity index (χ4v) is 3.99. The minimum atomic E-state index is -3.25. The zero-order valence-corrected chi connectivity index (χ0v) is 13.8. The van der Waals surface area contributed by atoms with E-state index in [-0.39, 0.29) is 30.9 Å². The summed E-state index contributed by atoms with van der Waals surface area (Å²) >= 11 is 0. The van der Waals surface area contributed by atoms with E-state index in [0.717, 1.165) is 0 Å². The van der Waals surface area contributed by atoms with Crippen LogP contribution in [0.4, 0.5) is 5.69 Å². The Balaban J connectivity index is 1.66. The first-order chi connectivity index (χ1) is 11.0. The van der Waals surface area contributed by atoms with Gasteiger partial charge >= 0.3 is 0 Å². The van der Waals surface area contributed by atoms with Crippen LogP contribution in [0.2, 0.25) is 0 Å². The number of nitrogens with zero attached hydrogens (tertiary/aromatic N) is 1. The van der Waals surface area contributed by atoms with E-state index in [1.54, 1.807) is 25.1 Å². The number of fused-ring (bicyclic) bond motifs is 1. The quantitative estimate of drug-likeness (QED) is 0.896. The Hall–Kier alpha value is -1.80. The fourth-order valence-electron chi connectivity index (χ4n) is 2.81. The van der Waals surface area contributed by atoms with Crippen LogP contribution in [0.15, 0.2) is 18.2 Å². The standard InChI is InChI=1S/C15H20N2O5S/c1-2-23(19,20)17-7-3-4-11(9-17)15(18)16-12-5-6-13-14(8-12)22-10-21-13/h5-6,8,11H,2-4,7,9-10H2,1H3,(H,16,18)/t11-/m1/s1. The molecule has 2 heterocycles. The molecule has 0 aromatic heterocycles. The van der Waals surface area contributed by atoms with Gasteiger partial charge in [-0.1, -0.05) is 0 Å². The van der Waals surface area contributed by atoms with E-state index >= 15 is 0 Å². The lowest BCUT2D eigenvalue weighted by Gasteiger charge is -2.30. The van der Waals surface area contributed by atoms with Gasteiger partial charge in [-0.2, -0.15) is 0 Å². The molecule has 3 rings (SSSR count). The van der Waals surface area contributed by atoms with Crippen molar-refractivity contribution in [1.29, 1.82) is 0 Å². The van der Waals surface area contributed by atoms with E-state index < -0.39 is 10.0 Å². The molecule has 7 nitrogen and oxygen atoms in total. The van der Waals surface area contributed by atoms with Gasteiger partial charge < -0.3 is 14.8 Å². The van der Waals surface area contributed by atoms with Crippen LogP contribution in [0.3, 0.4) is 0 Å². The number of benzene rings is 1. The highest BCUT2D eigenvalue weighted by Crippen LogP contribution is 2.34.